The number of morpholine rings is 1. The molecule has 2 rings (SSSR count). The van der Waals surface area contributed by atoms with Crippen molar-refractivity contribution >= 4 is 17.5 Å². The Kier molecular flexibility index (Phi) is 8.41. The number of amides is 1. The van der Waals surface area contributed by atoms with Crippen LogP contribution in [-0.2, 0) is 16.0 Å². The van der Waals surface area contributed by atoms with Gasteiger partial charge in [-0.15, -0.1) is 0 Å². The Morgan fingerprint density at radius 2 is 1.97 bits per heavy atom. The summed E-state index contributed by atoms with van der Waals surface area (Å²) in [5, 5.41) is 17.2. The maximum atomic E-state index is 11.6. The molecule has 9 nitrogen and oxygen atoms in total. The number of nitrogens with zero attached hydrogens (tertiary/aromatic N) is 2. The minimum Gasteiger partial charge on any atom is -0.444 e. The number of benzene rings is 1. The summed E-state index contributed by atoms with van der Waals surface area (Å²) in [4.78, 5) is 24.9. The minimum atomic E-state index is -0.543. The smallest absolute Gasteiger partial charge is 0.407 e. The summed E-state index contributed by atoms with van der Waals surface area (Å²) in [7, 11) is 0. The summed E-state index contributed by atoms with van der Waals surface area (Å²) in [5.74, 6) is 0. The van der Waals surface area contributed by atoms with Crippen LogP contribution in [0.15, 0.2) is 30.4 Å². The molecule has 2 N–H and O–H groups in total. The van der Waals surface area contributed by atoms with E-state index in [1.807, 2.05) is 12.1 Å². The molecule has 1 aromatic carbocycles. The average molecular weight is 406 g/mol. The van der Waals surface area contributed by atoms with Crippen LogP contribution < -0.4 is 10.6 Å². The molecule has 29 heavy (non-hydrogen) atoms. The van der Waals surface area contributed by atoms with Gasteiger partial charge in [-0.2, -0.15) is 0 Å². The summed E-state index contributed by atoms with van der Waals surface area (Å²) in [6.45, 7) is 9.68. The van der Waals surface area contributed by atoms with Crippen LogP contribution in [0.25, 0.3) is 0 Å². The Labute approximate surface area is 171 Å². The van der Waals surface area contributed by atoms with Crippen LogP contribution in [0.4, 0.5) is 16.2 Å². The van der Waals surface area contributed by atoms with E-state index in [2.05, 4.69) is 15.5 Å². The van der Waals surface area contributed by atoms with E-state index >= 15 is 0 Å². The maximum absolute atomic E-state index is 11.6. The Hall–Kier alpha value is -2.65. The summed E-state index contributed by atoms with van der Waals surface area (Å²) in [6, 6.07) is 5.11. The monoisotopic (exact) mass is 406 g/mol. The molecule has 0 radical (unpaired) electrons. The number of nitro benzene ring substituents is 1. The Balaban J connectivity index is 1.92. The lowest BCUT2D eigenvalue weighted by Gasteiger charge is -2.27. The third-order valence-corrected chi connectivity index (χ3v) is 4.15. The van der Waals surface area contributed by atoms with Crippen molar-refractivity contribution in [1.82, 2.24) is 10.2 Å². The molecule has 0 unspecified atom stereocenters. The molecule has 0 aliphatic carbocycles. The molecule has 1 heterocycles. The number of hydrogen-bond acceptors (Lipinski definition) is 7. The highest BCUT2D eigenvalue weighted by molar-refractivity contribution is 5.68. The lowest BCUT2D eigenvalue weighted by molar-refractivity contribution is -0.384. The molecule has 0 aromatic heterocycles. The van der Waals surface area contributed by atoms with Gasteiger partial charge in [0.15, 0.2) is 0 Å². The Bertz CT molecular complexity index is 724. The van der Waals surface area contributed by atoms with Gasteiger partial charge in [0.2, 0.25) is 0 Å². The van der Waals surface area contributed by atoms with Gasteiger partial charge in [0.05, 0.1) is 18.1 Å². The average Bonchev–Trinajstić information content (AvgIpc) is 2.64. The van der Waals surface area contributed by atoms with Crippen LogP contribution in [0.3, 0.4) is 0 Å². The second-order valence-corrected chi connectivity index (χ2v) is 7.69. The van der Waals surface area contributed by atoms with Gasteiger partial charge in [-0.3, -0.25) is 15.0 Å². The lowest BCUT2D eigenvalue weighted by Crippen LogP contribution is -2.35. The fraction of sp³-hybridized carbons (Fsp3) is 0.550. The number of nitrogens with one attached hydrogen (secondary N) is 2. The Morgan fingerprint density at radius 3 is 2.62 bits per heavy atom. The number of ether oxygens (including phenoxy) is 2. The van der Waals surface area contributed by atoms with Crippen molar-refractivity contribution in [2.45, 2.75) is 32.9 Å². The van der Waals surface area contributed by atoms with Crippen LogP contribution in [0.2, 0.25) is 0 Å². The van der Waals surface area contributed by atoms with Gasteiger partial charge in [0.25, 0.3) is 5.69 Å². The summed E-state index contributed by atoms with van der Waals surface area (Å²) >= 11 is 0. The quantitative estimate of drug-likeness (QED) is 0.388. The predicted octanol–water partition coefficient (Wildman–Crippen LogP) is 2.92. The third kappa shape index (κ3) is 8.08. The molecule has 1 aliphatic rings. The van der Waals surface area contributed by atoms with Crippen molar-refractivity contribution in [2.75, 3.05) is 44.7 Å². The molecular formula is C20H30N4O5. The van der Waals surface area contributed by atoms with E-state index in [0.29, 0.717) is 38.5 Å². The van der Waals surface area contributed by atoms with Gasteiger partial charge in [-0.05, 0) is 26.3 Å². The highest BCUT2D eigenvalue weighted by Gasteiger charge is 2.19. The lowest BCUT2D eigenvalue weighted by atomic mass is 10.1. The van der Waals surface area contributed by atoms with Crippen LogP contribution in [0.1, 0.15) is 26.3 Å². The highest BCUT2D eigenvalue weighted by atomic mass is 16.6. The zero-order valence-corrected chi connectivity index (χ0v) is 17.3. The Morgan fingerprint density at radius 1 is 1.28 bits per heavy atom. The van der Waals surface area contributed by atoms with Crippen LogP contribution in [-0.4, -0.2) is 60.9 Å². The molecular weight excluding hydrogens is 376 g/mol. The number of carbonyl (C=O) groups is 1. The first-order valence-electron chi connectivity index (χ1n) is 9.68. The number of nitro groups is 1. The molecule has 0 saturated carbocycles. The van der Waals surface area contributed by atoms with Crippen molar-refractivity contribution < 1.29 is 19.2 Å². The van der Waals surface area contributed by atoms with Crippen molar-refractivity contribution in [1.29, 1.82) is 0 Å². The van der Waals surface area contributed by atoms with E-state index in [9.17, 15) is 14.9 Å². The first-order valence-corrected chi connectivity index (χ1v) is 9.68. The number of rotatable bonds is 8. The summed E-state index contributed by atoms with van der Waals surface area (Å²) in [5.41, 5.74) is 0.907. The molecule has 160 valence electrons. The number of anilines is 1. The zero-order chi connectivity index (χ0) is 21.3. The van der Waals surface area contributed by atoms with E-state index < -0.39 is 11.7 Å². The summed E-state index contributed by atoms with van der Waals surface area (Å²) < 4.78 is 10.5. The van der Waals surface area contributed by atoms with Crippen LogP contribution in [0, 0.1) is 10.1 Å². The second-order valence-electron chi connectivity index (χ2n) is 7.69. The van der Waals surface area contributed by atoms with Gasteiger partial charge in [-0.25, -0.2) is 4.79 Å². The standard InChI is InChI=1S/C20H30N4O5/c1-20(2,3)29-19(25)22-10-5-4-9-21-18-16(7-6-8-17(18)24(26)27)15-23-11-13-28-14-12-23/h4-8,21H,9-15H2,1-3H3,(H,22,25)/b5-4+. The molecule has 0 atom stereocenters. The topological polar surface area (TPSA) is 106 Å². The molecule has 0 spiro atoms. The van der Waals surface area contributed by atoms with Crippen molar-refractivity contribution in [2.24, 2.45) is 0 Å². The predicted molar refractivity (Wildman–Crippen MR) is 111 cm³/mol. The molecule has 0 bridgehead atoms. The summed E-state index contributed by atoms with van der Waals surface area (Å²) in [6.07, 6.45) is 3.10. The van der Waals surface area contributed by atoms with Gasteiger partial charge in [-0.1, -0.05) is 24.3 Å². The van der Waals surface area contributed by atoms with Gasteiger partial charge < -0.3 is 20.1 Å². The number of hydrogen-bond donors (Lipinski definition) is 2. The van der Waals surface area contributed by atoms with Crippen LogP contribution >= 0.6 is 0 Å². The first-order chi connectivity index (χ1) is 13.8. The van der Waals surface area contributed by atoms with E-state index in [4.69, 9.17) is 9.47 Å². The maximum Gasteiger partial charge on any atom is 0.407 e. The molecule has 1 saturated heterocycles. The molecule has 1 aromatic rings. The highest BCUT2D eigenvalue weighted by Crippen LogP contribution is 2.29. The fourth-order valence-corrected chi connectivity index (χ4v) is 2.86. The number of carbonyl (C=O) groups excluding carboxylic acids is 1. The number of alkyl carbamates (subject to hydrolysis) is 1. The SMILES string of the molecule is CC(C)(C)OC(=O)NC/C=C/CNc1c(CN2CCOCC2)cccc1[N+](=O)[O-]. The van der Waals surface area contributed by atoms with Gasteiger partial charge in [0, 0.05) is 38.8 Å². The van der Waals surface area contributed by atoms with E-state index in [0.717, 1.165) is 18.7 Å². The normalized spacial score (nSPS) is 15.3. The largest absolute Gasteiger partial charge is 0.444 e. The molecule has 1 amide bonds. The van der Waals surface area contributed by atoms with Crippen molar-refractivity contribution in [3.8, 4) is 0 Å². The first kappa shape index (κ1) is 22.6. The van der Waals surface area contributed by atoms with Crippen LogP contribution in [0.5, 0.6) is 0 Å². The third-order valence-electron chi connectivity index (χ3n) is 4.15. The minimum absolute atomic E-state index is 0.0519. The van der Waals surface area contributed by atoms with E-state index in [1.165, 1.54) is 6.07 Å². The molecule has 9 heteroatoms. The zero-order valence-electron chi connectivity index (χ0n) is 17.3. The van der Waals surface area contributed by atoms with Gasteiger partial charge >= 0.3 is 6.09 Å². The van der Waals surface area contributed by atoms with E-state index in [-0.39, 0.29) is 10.6 Å². The number of para-hydroxylation sites is 1. The molecule has 1 aliphatic heterocycles. The van der Waals surface area contributed by atoms with Crippen molar-refractivity contribution in [3.63, 3.8) is 0 Å². The van der Waals surface area contributed by atoms with Gasteiger partial charge in [0.1, 0.15) is 11.3 Å². The van der Waals surface area contributed by atoms with Crippen molar-refractivity contribution in [3.05, 3.63) is 46.0 Å². The second kappa shape index (κ2) is 10.8. The molecule has 1 fully saturated rings. The van der Waals surface area contributed by atoms with E-state index in [1.54, 1.807) is 32.9 Å². The fourth-order valence-electron chi connectivity index (χ4n) is 2.86.